The first-order chi connectivity index (χ1) is 17.3. The van der Waals surface area contributed by atoms with Crippen molar-refractivity contribution in [1.29, 1.82) is 0 Å². The van der Waals surface area contributed by atoms with E-state index in [1.165, 1.54) is 5.56 Å². The highest BCUT2D eigenvalue weighted by Crippen LogP contribution is 2.58. The Bertz CT molecular complexity index is 1170. The molecule has 3 unspecified atom stereocenters. The summed E-state index contributed by atoms with van der Waals surface area (Å²) < 4.78 is 0. The SMILES string of the molecule is CCc1ccc(C(=O)N2c3cc(Cl)ccc3C(C3(NC(=O)CCC(=O)O)CCC3)C3CCCC32)cc1. The van der Waals surface area contributed by atoms with Gasteiger partial charge in [0, 0.05) is 40.2 Å². The van der Waals surface area contributed by atoms with Gasteiger partial charge in [0.2, 0.25) is 5.91 Å². The van der Waals surface area contributed by atoms with E-state index in [-0.39, 0.29) is 42.5 Å². The molecule has 3 aliphatic rings. The number of benzene rings is 2. The summed E-state index contributed by atoms with van der Waals surface area (Å²) in [6, 6.07) is 13.7. The fraction of sp³-hybridized carbons (Fsp3) is 0.483. The predicted octanol–water partition coefficient (Wildman–Crippen LogP) is 5.72. The van der Waals surface area contributed by atoms with Crippen LogP contribution in [-0.4, -0.2) is 34.5 Å². The lowest BCUT2D eigenvalue weighted by atomic mass is 9.59. The number of fused-ring (bicyclic) bond motifs is 2. The van der Waals surface area contributed by atoms with Crippen molar-refractivity contribution in [1.82, 2.24) is 5.32 Å². The highest BCUT2D eigenvalue weighted by molar-refractivity contribution is 6.31. The number of halogens is 1. The second-order valence-corrected chi connectivity index (χ2v) is 11.0. The van der Waals surface area contributed by atoms with Gasteiger partial charge in [0.15, 0.2) is 0 Å². The molecule has 2 amide bonds. The van der Waals surface area contributed by atoms with Gasteiger partial charge < -0.3 is 15.3 Å². The van der Waals surface area contributed by atoms with Gasteiger partial charge in [-0.2, -0.15) is 0 Å². The summed E-state index contributed by atoms with van der Waals surface area (Å²) in [7, 11) is 0. The van der Waals surface area contributed by atoms with E-state index in [0.29, 0.717) is 10.6 Å². The number of aryl methyl sites for hydroxylation is 1. The van der Waals surface area contributed by atoms with E-state index in [4.69, 9.17) is 16.7 Å². The molecule has 0 bridgehead atoms. The Hall–Kier alpha value is -2.86. The fourth-order valence-corrected chi connectivity index (χ4v) is 6.86. The molecule has 1 aliphatic heterocycles. The summed E-state index contributed by atoms with van der Waals surface area (Å²) >= 11 is 6.48. The molecule has 0 aromatic heterocycles. The molecule has 1 heterocycles. The number of rotatable bonds is 7. The molecule has 190 valence electrons. The van der Waals surface area contributed by atoms with Crippen molar-refractivity contribution < 1.29 is 19.5 Å². The highest BCUT2D eigenvalue weighted by atomic mass is 35.5. The van der Waals surface area contributed by atoms with Crippen LogP contribution in [0.5, 0.6) is 0 Å². The number of carbonyl (C=O) groups excluding carboxylic acids is 2. The number of carboxylic acid groups (broad SMARTS) is 1. The zero-order valence-electron chi connectivity index (χ0n) is 20.6. The number of hydrogen-bond acceptors (Lipinski definition) is 3. The van der Waals surface area contributed by atoms with Crippen LogP contribution in [0.25, 0.3) is 0 Å². The molecule has 7 heteroatoms. The van der Waals surface area contributed by atoms with Crippen LogP contribution in [0.4, 0.5) is 5.69 Å². The normalized spacial score (nSPS) is 23.8. The summed E-state index contributed by atoms with van der Waals surface area (Å²) in [4.78, 5) is 39.7. The zero-order valence-corrected chi connectivity index (χ0v) is 21.4. The minimum atomic E-state index is -0.970. The lowest BCUT2D eigenvalue weighted by Gasteiger charge is -2.55. The molecular weight excluding hydrogens is 476 g/mol. The van der Waals surface area contributed by atoms with E-state index in [1.807, 2.05) is 47.4 Å². The number of hydrogen-bond donors (Lipinski definition) is 2. The third kappa shape index (κ3) is 4.40. The molecule has 0 radical (unpaired) electrons. The lowest BCUT2D eigenvalue weighted by molar-refractivity contribution is -0.139. The molecule has 0 saturated heterocycles. The first kappa shape index (κ1) is 24.8. The Labute approximate surface area is 217 Å². The van der Waals surface area contributed by atoms with Gasteiger partial charge in [-0.15, -0.1) is 0 Å². The molecule has 36 heavy (non-hydrogen) atoms. The molecule has 5 rings (SSSR count). The average molecular weight is 509 g/mol. The van der Waals surface area contributed by atoms with Gasteiger partial charge in [-0.3, -0.25) is 14.4 Å². The molecule has 3 atom stereocenters. The van der Waals surface area contributed by atoms with Gasteiger partial charge in [-0.25, -0.2) is 0 Å². The number of anilines is 1. The van der Waals surface area contributed by atoms with E-state index in [2.05, 4.69) is 12.2 Å². The summed E-state index contributed by atoms with van der Waals surface area (Å²) in [5.41, 5.74) is 3.34. The van der Waals surface area contributed by atoms with E-state index < -0.39 is 11.5 Å². The van der Waals surface area contributed by atoms with Crippen LogP contribution in [0, 0.1) is 5.92 Å². The number of amides is 2. The van der Waals surface area contributed by atoms with Gasteiger partial charge in [-0.1, -0.05) is 43.1 Å². The van der Waals surface area contributed by atoms with Crippen molar-refractivity contribution in [2.75, 3.05) is 4.90 Å². The molecule has 2 saturated carbocycles. The largest absolute Gasteiger partial charge is 0.481 e. The van der Waals surface area contributed by atoms with Crippen molar-refractivity contribution in [2.45, 2.75) is 82.2 Å². The van der Waals surface area contributed by atoms with Crippen LogP contribution in [0.2, 0.25) is 5.02 Å². The maximum atomic E-state index is 13.9. The molecule has 2 N–H and O–H groups in total. The van der Waals surface area contributed by atoms with Crippen molar-refractivity contribution in [3.63, 3.8) is 0 Å². The maximum absolute atomic E-state index is 13.9. The van der Waals surface area contributed by atoms with E-state index >= 15 is 0 Å². The smallest absolute Gasteiger partial charge is 0.303 e. The number of nitrogens with zero attached hydrogens (tertiary/aromatic N) is 1. The average Bonchev–Trinajstić information content (AvgIpc) is 3.32. The monoisotopic (exact) mass is 508 g/mol. The van der Waals surface area contributed by atoms with Crippen LogP contribution in [-0.2, 0) is 16.0 Å². The first-order valence-electron chi connectivity index (χ1n) is 13.1. The quantitative estimate of drug-likeness (QED) is 0.501. The van der Waals surface area contributed by atoms with Crippen molar-refractivity contribution in [3.8, 4) is 0 Å². The Morgan fingerprint density at radius 1 is 1.06 bits per heavy atom. The standard InChI is InChI=1S/C29H33ClN2O4/c1-2-18-7-9-19(10-8-18)28(36)32-23-6-3-5-21(23)27(22-12-11-20(30)17-24(22)32)29(15-4-16-29)31-25(33)13-14-26(34)35/h7-12,17,21,23,27H,2-6,13-16H2,1H3,(H,31,33)(H,34,35). The van der Waals surface area contributed by atoms with Crippen LogP contribution < -0.4 is 10.2 Å². The third-order valence-electron chi connectivity index (χ3n) is 8.50. The topological polar surface area (TPSA) is 86.7 Å². The van der Waals surface area contributed by atoms with Gasteiger partial charge in [0.05, 0.1) is 6.42 Å². The number of aliphatic carboxylic acids is 1. The van der Waals surface area contributed by atoms with E-state index in [9.17, 15) is 14.4 Å². The minimum Gasteiger partial charge on any atom is -0.481 e. The molecule has 6 nitrogen and oxygen atoms in total. The van der Waals surface area contributed by atoms with Crippen LogP contribution in [0.15, 0.2) is 42.5 Å². The third-order valence-corrected chi connectivity index (χ3v) is 8.74. The molecule has 2 fully saturated rings. The van der Waals surface area contributed by atoms with E-state index in [1.54, 1.807) is 0 Å². The predicted molar refractivity (Wildman–Crippen MR) is 140 cm³/mol. The fourth-order valence-electron chi connectivity index (χ4n) is 6.70. The van der Waals surface area contributed by atoms with Crippen LogP contribution in [0.3, 0.4) is 0 Å². The van der Waals surface area contributed by atoms with Crippen LogP contribution >= 0.6 is 11.6 Å². The molecule has 2 aromatic carbocycles. The number of carbonyl (C=O) groups is 3. The summed E-state index contributed by atoms with van der Waals surface area (Å²) in [6.07, 6.45) is 6.37. The summed E-state index contributed by atoms with van der Waals surface area (Å²) in [5.74, 6) is -0.910. The number of carboxylic acids is 1. The molecule has 2 aromatic rings. The molecular formula is C29H33ClN2O4. The van der Waals surface area contributed by atoms with Gasteiger partial charge in [0.25, 0.3) is 5.91 Å². The summed E-state index contributed by atoms with van der Waals surface area (Å²) in [5, 5.41) is 12.9. The van der Waals surface area contributed by atoms with E-state index in [0.717, 1.165) is 56.2 Å². The summed E-state index contributed by atoms with van der Waals surface area (Å²) in [6.45, 7) is 2.10. The minimum absolute atomic E-state index is 0.00956. The van der Waals surface area contributed by atoms with Gasteiger partial charge in [-0.05, 0) is 79.8 Å². The van der Waals surface area contributed by atoms with Crippen LogP contribution in [0.1, 0.15) is 85.7 Å². The highest BCUT2D eigenvalue weighted by Gasteiger charge is 2.56. The maximum Gasteiger partial charge on any atom is 0.303 e. The van der Waals surface area contributed by atoms with Crippen molar-refractivity contribution in [2.24, 2.45) is 5.92 Å². The molecule has 2 aliphatic carbocycles. The van der Waals surface area contributed by atoms with Gasteiger partial charge in [0.1, 0.15) is 0 Å². The van der Waals surface area contributed by atoms with Crippen molar-refractivity contribution >= 4 is 35.1 Å². The zero-order chi connectivity index (χ0) is 25.4. The Morgan fingerprint density at radius 2 is 1.81 bits per heavy atom. The Balaban J connectivity index is 1.54. The van der Waals surface area contributed by atoms with Crippen molar-refractivity contribution in [3.05, 3.63) is 64.2 Å². The second kappa shape index (κ2) is 9.89. The Morgan fingerprint density at radius 3 is 2.44 bits per heavy atom. The van der Waals surface area contributed by atoms with Gasteiger partial charge >= 0.3 is 5.97 Å². The second-order valence-electron chi connectivity index (χ2n) is 10.5. The molecule has 0 spiro atoms. The Kier molecular flexibility index (Phi) is 6.82. The first-order valence-corrected chi connectivity index (χ1v) is 13.5. The lowest BCUT2D eigenvalue weighted by Crippen LogP contribution is -2.62. The number of nitrogens with one attached hydrogen (secondary N) is 1.